The van der Waals surface area contributed by atoms with Crippen LogP contribution in [0.4, 0.5) is 13.2 Å². The average molecular weight is 490 g/mol. The van der Waals surface area contributed by atoms with E-state index in [0.717, 1.165) is 34.4 Å². The van der Waals surface area contributed by atoms with Crippen molar-refractivity contribution in [2.75, 3.05) is 13.1 Å². The molecule has 0 unspecified atom stereocenters. The number of hydrogen-bond acceptors (Lipinski definition) is 1. The zero-order chi connectivity index (χ0) is 24.6. The number of H-pyrrole nitrogens is 1. The van der Waals surface area contributed by atoms with Crippen molar-refractivity contribution >= 4 is 17.4 Å². The van der Waals surface area contributed by atoms with Crippen LogP contribution >= 0.6 is 11.6 Å². The van der Waals surface area contributed by atoms with Gasteiger partial charge >= 0.3 is 12.0 Å². The number of aromatic nitrogens is 3. The van der Waals surface area contributed by atoms with Crippen molar-refractivity contribution in [1.82, 2.24) is 14.5 Å². The fourth-order valence-electron chi connectivity index (χ4n) is 4.68. The molecule has 2 aromatic heterocycles. The monoisotopic (exact) mass is 489 g/mol. The number of alkyl halides is 3. The standard InChI is InChI=1S/C26H28ClF3N4/c1-5-32(12-11-20-9-7-6-8-10-20)15-21-24(26(28,29)30)31-25-33(21)16-22(27)34(25)23-18(3)13-17(2)14-19(23)4/h6-10,13-14,16H,5,11-12,15H2,1-4H3/p+1. The minimum absolute atomic E-state index is 0.148. The SMILES string of the molecule is CCN(CCc1ccccc1)Cc1c(C(F)(F)F)[nH]c2n(-c3c(C)cc(C)cc3C)c(Cl)c[n+]12. The van der Waals surface area contributed by atoms with Crippen molar-refractivity contribution in [3.05, 3.63) is 87.5 Å². The quantitative estimate of drug-likeness (QED) is 0.307. The average Bonchev–Trinajstić information content (AvgIpc) is 3.27. The summed E-state index contributed by atoms with van der Waals surface area (Å²) in [5.74, 6) is 0.293. The number of nitrogens with one attached hydrogen (secondary N) is 1. The normalized spacial score (nSPS) is 12.3. The number of nitrogens with zero attached hydrogens (tertiary/aromatic N) is 3. The van der Waals surface area contributed by atoms with E-state index in [4.69, 9.17) is 11.6 Å². The van der Waals surface area contributed by atoms with Gasteiger partial charge in [-0.15, -0.1) is 0 Å². The molecule has 0 atom stereocenters. The third-order valence-corrected chi connectivity index (χ3v) is 6.49. The topological polar surface area (TPSA) is 28.1 Å². The molecule has 0 aliphatic rings. The number of hydrogen-bond donors (Lipinski definition) is 1. The third kappa shape index (κ3) is 4.72. The van der Waals surface area contributed by atoms with Crippen LogP contribution in [0.2, 0.25) is 5.15 Å². The molecule has 0 aliphatic heterocycles. The molecule has 0 saturated carbocycles. The van der Waals surface area contributed by atoms with Crippen molar-refractivity contribution in [1.29, 1.82) is 0 Å². The van der Waals surface area contributed by atoms with E-state index in [1.807, 2.05) is 75.1 Å². The Labute approximate surface area is 202 Å². The van der Waals surface area contributed by atoms with Crippen LogP contribution in [0.5, 0.6) is 0 Å². The Hall–Kier alpha value is -2.77. The first-order chi connectivity index (χ1) is 16.1. The zero-order valence-electron chi connectivity index (χ0n) is 19.8. The van der Waals surface area contributed by atoms with Crippen LogP contribution in [0.1, 0.15) is 40.6 Å². The smallest absolute Gasteiger partial charge is 0.296 e. The molecule has 2 aromatic carbocycles. The van der Waals surface area contributed by atoms with Gasteiger partial charge in [-0.1, -0.05) is 55.0 Å². The molecule has 4 aromatic rings. The molecule has 1 N–H and O–H groups in total. The van der Waals surface area contributed by atoms with Crippen molar-refractivity contribution in [2.45, 2.75) is 46.8 Å². The molecule has 8 heteroatoms. The Bertz CT molecular complexity index is 1280. The molecular weight excluding hydrogens is 461 g/mol. The fraction of sp³-hybridized carbons (Fsp3) is 0.346. The Morgan fingerprint density at radius 3 is 2.29 bits per heavy atom. The molecule has 0 aliphatic carbocycles. The second-order valence-electron chi connectivity index (χ2n) is 8.78. The lowest BCUT2D eigenvalue weighted by Crippen LogP contribution is -2.33. The number of aryl methyl sites for hydroxylation is 3. The van der Waals surface area contributed by atoms with E-state index in [9.17, 15) is 13.2 Å². The lowest BCUT2D eigenvalue weighted by atomic mass is 10.1. The van der Waals surface area contributed by atoms with Gasteiger partial charge in [-0.3, -0.25) is 4.90 Å². The predicted molar refractivity (Wildman–Crippen MR) is 129 cm³/mol. The summed E-state index contributed by atoms with van der Waals surface area (Å²) < 4.78 is 45.6. The van der Waals surface area contributed by atoms with E-state index in [0.29, 0.717) is 24.0 Å². The largest absolute Gasteiger partial charge is 0.449 e. The molecule has 4 rings (SSSR count). The highest BCUT2D eigenvalue weighted by molar-refractivity contribution is 6.29. The lowest BCUT2D eigenvalue weighted by Gasteiger charge is -2.19. The summed E-state index contributed by atoms with van der Waals surface area (Å²) in [7, 11) is 0. The van der Waals surface area contributed by atoms with Crippen LogP contribution in [0.25, 0.3) is 11.5 Å². The number of likely N-dealkylation sites (N-methyl/N-ethyl adjacent to an activating group) is 1. The van der Waals surface area contributed by atoms with E-state index < -0.39 is 11.9 Å². The first-order valence-corrected chi connectivity index (χ1v) is 11.7. The number of benzene rings is 2. The number of rotatable bonds is 7. The molecule has 180 valence electrons. The summed E-state index contributed by atoms with van der Waals surface area (Å²) in [6, 6.07) is 14.0. The first-order valence-electron chi connectivity index (χ1n) is 11.3. The van der Waals surface area contributed by atoms with Gasteiger partial charge in [0.05, 0.1) is 6.54 Å². The molecule has 0 radical (unpaired) electrons. The van der Waals surface area contributed by atoms with Gasteiger partial charge in [-0.05, 0) is 62.0 Å². The number of imidazole rings is 2. The number of fused-ring (bicyclic) bond motifs is 1. The molecule has 0 spiro atoms. The van der Waals surface area contributed by atoms with Gasteiger partial charge in [0, 0.05) is 6.54 Å². The Kier molecular flexibility index (Phi) is 6.78. The number of halogens is 4. The number of aromatic amines is 1. The van der Waals surface area contributed by atoms with Crippen LogP contribution in [0, 0.1) is 20.8 Å². The molecule has 4 nitrogen and oxygen atoms in total. The minimum atomic E-state index is -4.52. The minimum Gasteiger partial charge on any atom is -0.296 e. The highest BCUT2D eigenvalue weighted by Crippen LogP contribution is 2.33. The molecule has 34 heavy (non-hydrogen) atoms. The highest BCUT2D eigenvalue weighted by Gasteiger charge is 2.42. The van der Waals surface area contributed by atoms with Crippen LogP contribution in [0.15, 0.2) is 48.7 Å². The summed E-state index contributed by atoms with van der Waals surface area (Å²) in [6.45, 7) is 9.27. The lowest BCUT2D eigenvalue weighted by molar-refractivity contribution is -0.520. The summed E-state index contributed by atoms with van der Waals surface area (Å²) in [5, 5.41) is 0.351. The van der Waals surface area contributed by atoms with Gasteiger partial charge in [0.2, 0.25) is 10.8 Å². The van der Waals surface area contributed by atoms with E-state index in [-0.39, 0.29) is 12.2 Å². The van der Waals surface area contributed by atoms with Crippen LogP contribution in [-0.2, 0) is 19.1 Å². The summed E-state index contributed by atoms with van der Waals surface area (Å²) in [4.78, 5) is 4.67. The van der Waals surface area contributed by atoms with E-state index in [1.165, 1.54) is 0 Å². The van der Waals surface area contributed by atoms with Gasteiger partial charge < -0.3 is 0 Å². The van der Waals surface area contributed by atoms with E-state index >= 15 is 0 Å². The van der Waals surface area contributed by atoms with Gasteiger partial charge in [-0.2, -0.15) is 22.1 Å². The van der Waals surface area contributed by atoms with Crippen LogP contribution < -0.4 is 4.40 Å². The maximum atomic E-state index is 14.1. The Morgan fingerprint density at radius 1 is 1.06 bits per heavy atom. The predicted octanol–water partition coefficient (Wildman–Crippen LogP) is 6.21. The molecule has 0 saturated heterocycles. The molecule has 0 fully saturated rings. The van der Waals surface area contributed by atoms with Gasteiger partial charge in [0.25, 0.3) is 0 Å². The molecule has 0 amide bonds. The van der Waals surface area contributed by atoms with Crippen molar-refractivity contribution in [3.8, 4) is 5.69 Å². The van der Waals surface area contributed by atoms with Crippen molar-refractivity contribution in [3.63, 3.8) is 0 Å². The van der Waals surface area contributed by atoms with Crippen molar-refractivity contribution in [2.24, 2.45) is 0 Å². The summed E-state index contributed by atoms with van der Waals surface area (Å²) >= 11 is 6.60. The fourth-order valence-corrected chi connectivity index (χ4v) is 4.94. The summed E-state index contributed by atoms with van der Waals surface area (Å²) in [5.41, 5.74) is 4.33. The van der Waals surface area contributed by atoms with Crippen LogP contribution in [0.3, 0.4) is 0 Å². The second-order valence-corrected chi connectivity index (χ2v) is 9.16. The van der Waals surface area contributed by atoms with E-state index in [1.54, 1.807) is 15.2 Å². The van der Waals surface area contributed by atoms with Crippen molar-refractivity contribution < 1.29 is 17.6 Å². The van der Waals surface area contributed by atoms with Crippen LogP contribution in [-0.4, -0.2) is 27.5 Å². The first kappa shape index (κ1) is 24.4. The third-order valence-electron chi connectivity index (χ3n) is 6.23. The maximum absolute atomic E-state index is 14.1. The maximum Gasteiger partial charge on any atom is 0.449 e. The molecule has 0 bridgehead atoms. The molecule has 2 heterocycles. The van der Waals surface area contributed by atoms with E-state index in [2.05, 4.69) is 4.98 Å². The summed E-state index contributed by atoms with van der Waals surface area (Å²) in [6.07, 6.45) is -2.19. The van der Waals surface area contributed by atoms with Gasteiger partial charge in [-0.25, -0.2) is 4.98 Å². The van der Waals surface area contributed by atoms with Gasteiger partial charge in [0.15, 0.2) is 0 Å². The van der Waals surface area contributed by atoms with Gasteiger partial charge in [0.1, 0.15) is 17.6 Å². The zero-order valence-corrected chi connectivity index (χ0v) is 20.6. The Balaban J connectivity index is 1.78. The highest BCUT2D eigenvalue weighted by atomic mass is 35.5. The molecular formula is C26H29ClF3N4+. The second kappa shape index (κ2) is 9.47. The Morgan fingerprint density at radius 2 is 1.71 bits per heavy atom.